The van der Waals surface area contributed by atoms with Crippen molar-refractivity contribution in [3.8, 4) is 5.75 Å². The fourth-order valence-corrected chi connectivity index (χ4v) is 4.11. The Bertz CT molecular complexity index is 1330. The molecule has 0 saturated heterocycles. The molecule has 0 atom stereocenters. The van der Waals surface area contributed by atoms with Gasteiger partial charge in [-0.15, -0.1) is 0 Å². The molecule has 3 aromatic carbocycles. The molecule has 0 bridgehead atoms. The van der Waals surface area contributed by atoms with E-state index in [1.165, 1.54) is 60.8 Å². The highest BCUT2D eigenvalue weighted by atomic mass is 35.5. The zero-order chi connectivity index (χ0) is 24.7. The predicted octanol–water partition coefficient (Wildman–Crippen LogP) is 4.29. The highest BCUT2D eigenvalue weighted by Gasteiger charge is 2.15. The summed E-state index contributed by atoms with van der Waals surface area (Å²) in [5.41, 5.74) is 2.98. The van der Waals surface area contributed by atoms with E-state index in [-0.39, 0.29) is 21.2 Å². The first-order chi connectivity index (χ1) is 16.1. The normalized spacial score (nSPS) is 11.4. The van der Waals surface area contributed by atoms with Crippen LogP contribution in [0, 0.1) is 0 Å². The molecule has 12 heteroatoms. The number of carbonyl (C=O) groups excluding carboxylic acids is 2. The van der Waals surface area contributed by atoms with E-state index in [1.54, 1.807) is 12.1 Å². The Balaban J connectivity index is 1.49. The van der Waals surface area contributed by atoms with Crippen LogP contribution in [0.25, 0.3) is 0 Å². The third-order valence-corrected chi connectivity index (χ3v) is 6.41. The maximum absolute atomic E-state index is 12.2. The van der Waals surface area contributed by atoms with E-state index in [0.29, 0.717) is 15.6 Å². The van der Waals surface area contributed by atoms with Crippen molar-refractivity contribution in [1.82, 2.24) is 10.1 Å². The number of carbonyl (C=O) groups is 2. The van der Waals surface area contributed by atoms with Gasteiger partial charge in [0.05, 0.1) is 28.2 Å². The average Bonchev–Trinajstić information content (AvgIpc) is 2.79. The number of benzene rings is 3. The number of amides is 1. The van der Waals surface area contributed by atoms with Crippen molar-refractivity contribution in [1.29, 1.82) is 0 Å². The van der Waals surface area contributed by atoms with E-state index in [4.69, 9.17) is 39.5 Å². The zero-order valence-electron chi connectivity index (χ0n) is 17.2. The molecule has 8 nitrogen and oxygen atoms in total. The van der Waals surface area contributed by atoms with Gasteiger partial charge in [0.15, 0.2) is 0 Å². The molecule has 0 aliphatic carbocycles. The maximum Gasteiger partial charge on any atom is 0.345 e. The molecule has 176 valence electrons. The number of sulfonamides is 1. The molecule has 34 heavy (non-hydrogen) atoms. The van der Waals surface area contributed by atoms with Crippen LogP contribution < -0.4 is 14.9 Å². The summed E-state index contributed by atoms with van der Waals surface area (Å²) in [6.45, 7) is -0.509. The minimum atomic E-state index is -3.87. The number of halogens is 3. The second kappa shape index (κ2) is 11.5. The molecule has 0 unspecified atom stereocenters. The molecule has 0 heterocycles. The molecule has 0 spiro atoms. The van der Waals surface area contributed by atoms with Gasteiger partial charge >= 0.3 is 5.97 Å². The molecule has 2 N–H and O–H groups in total. The molecule has 3 aromatic rings. The Morgan fingerprint density at radius 2 is 1.56 bits per heavy atom. The van der Waals surface area contributed by atoms with Gasteiger partial charge in [0.25, 0.3) is 5.91 Å². The van der Waals surface area contributed by atoms with Crippen LogP contribution in [0.3, 0.4) is 0 Å². The van der Waals surface area contributed by atoms with Crippen LogP contribution >= 0.6 is 34.8 Å². The molecule has 0 radical (unpaired) electrons. The maximum atomic E-state index is 12.2. The van der Waals surface area contributed by atoms with E-state index < -0.39 is 28.4 Å². The highest BCUT2D eigenvalue weighted by molar-refractivity contribution is 7.89. The van der Waals surface area contributed by atoms with Crippen molar-refractivity contribution in [2.24, 2.45) is 5.10 Å². The summed E-state index contributed by atoms with van der Waals surface area (Å²) in [5.74, 6) is -1.04. The van der Waals surface area contributed by atoms with Crippen LogP contribution in [0.15, 0.2) is 76.7 Å². The number of hydrogen-bond donors (Lipinski definition) is 2. The van der Waals surface area contributed by atoms with E-state index in [1.807, 2.05) is 0 Å². The predicted molar refractivity (Wildman–Crippen MR) is 130 cm³/mol. The minimum Gasteiger partial charge on any atom is -0.423 e. The lowest BCUT2D eigenvalue weighted by Gasteiger charge is -2.06. The topological polar surface area (TPSA) is 114 Å². The van der Waals surface area contributed by atoms with Gasteiger partial charge in [-0.25, -0.2) is 23.4 Å². The van der Waals surface area contributed by atoms with Gasteiger partial charge in [0, 0.05) is 10.0 Å². The van der Waals surface area contributed by atoms with Crippen LogP contribution in [-0.4, -0.2) is 33.1 Å². The van der Waals surface area contributed by atoms with E-state index >= 15 is 0 Å². The Hall–Kier alpha value is -2.95. The van der Waals surface area contributed by atoms with E-state index in [9.17, 15) is 18.0 Å². The number of rotatable bonds is 8. The van der Waals surface area contributed by atoms with Crippen LogP contribution in [0.2, 0.25) is 15.1 Å². The van der Waals surface area contributed by atoms with Crippen molar-refractivity contribution in [3.63, 3.8) is 0 Å². The highest BCUT2D eigenvalue weighted by Crippen LogP contribution is 2.23. The molecule has 0 fully saturated rings. The van der Waals surface area contributed by atoms with Crippen LogP contribution in [0.4, 0.5) is 0 Å². The second-order valence-corrected chi connectivity index (χ2v) is 9.70. The van der Waals surface area contributed by atoms with Gasteiger partial charge in [0.1, 0.15) is 5.75 Å². The third kappa shape index (κ3) is 7.28. The van der Waals surface area contributed by atoms with Gasteiger partial charge in [-0.3, -0.25) is 4.79 Å². The summed E-state index contributed by atoms with van der Waals surface area (Å²) in [7, 11) is -3.87. The first-order valence-corrected chi connectivity index (χ1v) is 12.1. The van der Waals surface area contributed by atoms with Gasteiger partial charge in [-0.1, -0.05) is 34.8 Å². The number of nitrogens with one attached hydrogen (secondary N) is 2. The van der Waals surface area contributed by atoms with Crippen molar-refractivity contribution < 1.29 is 22.7 Å². The summed E-state index contributed by atoms with van der Waals surface area (Å²) < 4.78 is 31.7. The first kappa shape index (κ1) is 25.7. The number of hydrazone groups is 1. The quantitative estimate of drug-likeness (QED) is 0.191. The Morgan fingerprint density at radius 1 is 0.912 bits per heavy atom. The average molecular weight is 541 g/mol. The molecular formula is C22H16Cl3N3O5S. The number of esters is 1. The molecular weight excluding hydrogens is 525 g/mol. The smallest absolute Gasteiger partial charge is 0.345 e. The molecule has 3 rings (SSSR count). The molecule has 0 saturated carbocycles. The molecule has 1 amide bonds. The third-order valence-electron chi connectivity index (χ3n) is 4.19. The summed E-state index contributed by atoms with van der Waals surface area (Å²) in [6.07, 6.45) is 1.34. The zero-order valence-corrected chi connectivity index (χ0v) is 20.3. The SMILES string of the molecule is O=C(CNS(=O)(=O)c1ccc(Cl)cc1)NN=Cc1ccc(OC(=O)c2ccc(Cl)cc2Cl)cc1. The first-order valence-electron chi connectivity index (χ1n) is 9.48. The fourth-order valence-electron chi connectivity index (χ4n) is 2.51. The van der Waals surface area contributed by atoms with E-state index in [0.717, 1.165) is 0 Å². The monoisotopic (exact) mass is 539 g/mol. The Labute approximate surface area is 210 Å². The van der Waals surface area contributed by atoms with Crippen LogP contribution in [0.1, 0.15) is 15.9 Å². The summed E-state index contributed by atoms with van der Waals surface area (Å²) in [6, 6.07) is 16.2. The fraction of sp³-hybridized carbons (Fsp3) is 0.0455. The lowest BCUT2D eigenvalue weighted by atomic mass is 10.2. The lowest BCUT2D eigenvalue weighted by Crippen LogP contribution is -2.34. The largest absolute Gasteiger partial charge is 0.423 e. The van der Waals surface area contributed by atoms with Gasteiger partial charge in [-0.05, 0) is 72.3 Å². The Kier molecular flexibility index (Phi) is 8.65. The Morgan fingerprint density at radius 3 is 2.21 bits per heavy atom. The molecule has 0 aliphatic rings. The lowest BCUT2D eigenvalue weighted by molar-refractivity contribution is -0.119. The standard InChI is InChI=1S/C22H16Cl3N3O5S/c23-15-3-8-18(9-4-15)34(31,32)27-13-21(29)28-26-12-14-1-6-17(7-2-14)33-22(30)19-10-5-16(24)11-20(19)25/h1-12,27H,13H2,(H,28,29). The number of nitrogens with zero attached hydrogens (tertiary/aromatic N) is 1. The molecule has 0 aromatic heterocycles. The van der Waals surface area contributed by atoms with Crippen LogP contribution in [-0.2, 0) is 14.8 Å². The van der Waals surface area contributed by atoms with Crippen molar-refractivity contribution in [2.45, 2.75) is 4.90 Å². The van der Waals surface area contributed by atoms with Crippen LogP contribution in [0.5, 0.6) is 5.75 Å². The minimum absolute atomic E-state index is 0.0210. The summed E-state index contributed by atoms with van der Waals surface area (Å²) in [4.78, 5) is 24.1. The summed E-state index contributed by atoms with van der Waals surface area (Å²) >= 11 is 17.6. The van der Waals surface area contributed by atoms with Crippen molar-refractivity contribution >= 4 is 62.9 Å². The van der Waals surface area contributed by atoms with Crippen molar-refractivity contribution in [3.05, 3.63) is 92.9 Å². The summed E-state index contributed by atoms with van der Waals surface area (Å²) in [5, 5.41) is 4.73. The molecule has 0 aliphatic heterocycles. The van der Waals surface area contributed by atoms with Gasteiger partial charge in [-0.2, -0.15) is 5.10 Å². The van der Waals surface area contributed by atoms with Gasteiger partial charge in [0.2, 0.25) is 10.0 Å². The van der Waals surface area contributed by atoms with Crippen molar-refractivity contribution in [2.75, 3.05) is 6.54 Å². The number of ether oxygens (including phenoxy) is 1. The van der Waals surface area contributed by atoms with E-state index in [2.05, 4.69) is 15.2 Å². The second-order valence-electron chi connectivity index (χ2n) is 6.65. The van der Waals surface area contributed by atoms with Gasteiger partial charge < -0.3 is 4.74 Å². The number of hydrogen-bond acceptors (Lipinski definition) is 6.